The van der Waals surface area contributed by atoms with E-state index in [1.165, 1.54) is 6.08 Å². The molecule has 3 heteroatoms. The number of Topliss-reactive ketones (excluding diaryl/α,β-unsaturated/α-hetero) is 1. The molecule has 0 amide bonds. The Morgan fingerprint density at radius 1 is 1.00 bits per heavy atom. The molecular weight excluding hydrogens is 252 g/mol. The quantitative estimate of drug-likeness (QED) is 0.678. The largest absolute Gasteiger partial charge is 0.478 e. The zero-order valence-electron chi connectivity index (χ0n) is 11.0. The molecule has 1 N–H and O–H groups in total. The van der Waals surface area contributed by atoms with Gasteiger partial charge in [0, 0.05) is 11.6 Å². The summed E-state index contributed by atoms with van der Waals surface area (Å²) >= 11 is 0. The smallest absolute Gasteiger partial charge is 0.328 e. The lowest BCUT2D eigenvalue weighted by atomic mass is 10.0. The molecule has 0 heterocycles. The van der Waals surface area contributed by atoms with Crippen LogP contribution >= 0.6 is 0 Å². The molecule has 0 aromatic heterocycles. The van der Waals surface area contributed by atoms with Gasteiger partial charge in [-0.25, -0.2) is 4.79 Å². The molecule has 0 radical (unpaired) electrons. The van der Waals surface area contributed by atoms with Crippen molar-refractivity contribution in [3.63, 3.8) is 0 Å². The third-order valence-electron chi connectivity index (χ3n) is 2.93. The molecule has 0 unspecified atom stereocenters. The molecule has 2 aromatic carbocycles. The fourth-order valence-electron chi connectivity index (χ4n) is 1.87. The van der Waals surface area contributed by atoms with Crippen LogP contribution < -0.4 is 0 Å². The van der Waals surface area contributed by atoms with Gasteiger partial charge in [-0.2, -0.15) is 0 Å². The topological polar surface area (TPSA) is 54.4 Å². The predicted octanol–water partition coefficient (Wildman–Crippen LogP) is 3.65. The van der Waals surface area contributed by atoms with Gasteiger partial charge in [0.1, 0.15) is 0 Å². The summed E-state index contributed by atoms with van der Waals surface area (Å²) in [4.78, 5) is 21.8. The normalized spacial score (nSPS) is 10.7. The molecule has 20 heavy (non-hydrogen) atoms. The van der Waals surface area contributed by atoms with Crippen LogP contribution in [0, 0.1) is 0 Å². The van der Waals surface area contributed by atoms with Crippen molar-refractivity contribution in [2.45, 2.75) is 6.92 Å². The van der Waals surface area contributed by atoms with E-state index in [4.69, 9.17) is 5.11 Å². The summed E-state index contributed by atoms with van der Waals surface area (Å²) in [7, 11) is 0. The Bertz CT molecular complexity index is 667. The molecule has 0 fully saturated rings. The lowest BCUT2D eigenvalue weighted by Gasteiger charge is -2.04. The molecule has 0 aliphatic heterocycles. The number of aliphatic carboxylic acids is 1. The number of carbonyl (C=O) groups excluding carboxylic acids is 1. The van der Waals surface area contributed by atoms with E-state index in [0.29, 0.717) is 5.56 Å². The first-order valence-electron chi connectivity index (χ1n) is 6.19. The zero-order chi connectivity index (χ0) is 14.5. The van der Waals surface area contributed by atoms with Gasteiger partial charge in [0.05, 0.1) is 0 Å². The minimum Gasteiger partial charge on any atom is -0.478 e. The van der Waals surface area contributed by atoms with Gasteiger partial charge in [-0.3, -0.25) is 4.79 Å². The van der Waals surface area contributed by atoms with Gasteiger partial charge in [-0.1, -0.05) is 42.5 Å². The van der Waals surface area contributed by atoms with Crippen molar-refractivity contribution in [3.8, 4) is 11.1 Å². The van der Waals surface area contributed by atoms with Crippen LogP contribution in [0.1, 0.15) is 22.8 Å². The average Bonchev–Trinajstić information content (AvgIpc) is 2.46. The fourth-order valence-corrected chi connectivity index (χ4v) is 1.87. The highest BCUT2D eigenvalue weighted by Gasteiger charge is 2.02. The highest BCUT2D eigenvalue weighted by molar-refractivity contribution is 5.95. The van der Waals surface area contributed by atoms with Crippen molar-refractivity contribution in [2.24, 2.45) is 0 Å². The number of carboxylic acid groups (broad SMARTS) is 1. The Balaban J connectivity index is 2.28. The molecule has 0 saturated carbocycles. The summed E-state index contributed by atoms with van der Waals surface area (Å²) in [6.07, 6.45) is 2.64. The van der Waals surface area contributed by atoms with Crippen LogP contribution in [0.15, 0.2) is 54.6 Å². The molecule has 0 spiro atoms. The SMILES string of the molecule is CC(=O)c1cccc(-c2ccc(/C=C/C(=O)O)cc2)c1. The third-order valence-corrected chi connectivity index (χ3v) is 2.93. The van der Waals surface area contributed by atoms with Crippen molar-refractivity contribution in [1.29, 1.82) is 0 Å². The first kappa shape index (κ1) is 13.7. The van der Waals surface area contributed by atoms with Gasteiger partial charge < -0.3 is 5.11 Å². The molecule has 0 saturated heterocycles. The first-order valence-corrected chi connectivity index (χ1v) is 6.19. The van der Waals surface area contributed by atoms with Gasteiger partial charge in [-0.15, -0.1) is 0 Å². The molecule has 2 aromatic rings. The molecule has 0 atom stereocenters. The number of hydrogen-bond donors (Lipinski definition) is 1. The van der Waals surface area contributed by atoms with E-state index in [2.05, 4.69) is 0 Å². The van der Waals surface area contributed by atoms with E-state index >= 15 is 0 Å². The Morgan fingerprint density at radius 3 is 2.30 bits per heavy atom. The second-order valence-electron chi connectivity index (χ2n) is 4.43. The van der Waals surface area contributed by atoms with Crippen LogP contribution in [0.25, 0.3) is 17.2 Å². The third kappa shape index (κ3) is 3.42. The Labute approximate surface area is 117 Å². The van der Waals surface area contributed by atoms with Crippen molar-refractivity contribution < 1.29 is 14.7 Å². The summed E-state index contributed by atoms with van der Waals surface area (Å²) in [5, 5.41) is 8.57. The Kier molecular flexibility index (Phi) is 4.11. The maximum absolute atomic E-state index is 11.4. The Morgan fingerprint density at radius 2 is 1.70 bits per heavy atom. The van der Waals surface area contributed by atoms with Crippen molar-refractivity contribution in [2.75, 3.05) is 0 Å². The van der Waals surface area contributed by atoms with E-state index in [1.807, 2.05) is 42.5 Å². The summed E-state index contributed by atoms with van der Waals surface area (Å²) in [5.74, 6) is -0.934. The first-order chi connectivity index (χ1) is 9.56. The van der Waals surface area contributed by atoms with E-state index in [-0.39, 0.29) is 5.78 Å². The average molecular weight is 266 g/mol. The molecule has 100 valence electrons. The van der Waals surface area contributed by atoms with E-state index in [1.54, 1.807) is 13.0 Å². The van der Waals surface area contributed by atoms with Crippen LogP contribution in [-0.4, -0.2) is 16.9 Å². The number of carbonyl (C=O) groups is 2. The second kappa shape index (κ2) is 5.97. The number of hydrogen-bond acceptors (Lipinski definition) is 2. The molecule has 0 aliphatic carbocycles. The van der Waals surface area contributed by atoms with Crippen LogP contribution in [0.5, 0.6) is 0 Å². The summed E-state index contributed by atoms with van der Waals surface area (Å²) < 4.78 is 0. The lowest BCUT2D eigenvalue weighted by Crippen LogP contribution is -1.91. The van der Waals surface area contributed by atoms with Crippen molar-refractivity contribution in [1.82, 2.24) is 0 Å². The molecular formula is C17H14O3. The highest BCUT2D eigenvalue weighted by atomic mass is 16.4. The van der Waals surface area contributed by atoms with Crippen LogP contribution in [-0.2, 0) is 4.79 Å². The summed E-state index contributed by atoms with van der Waals surface area (Å²) in [6.45, 7) is 1.54. The lowest BCUT2D eigenvalue weighted by molar-refractivity contribution is -0.131. The number of ketones is 1. The van der Waals surface area contributed by atoms with Gasteiger partial charge in [0.2, 0.25) is 0 Å². The monoisotopic (exact) mass is 266 g/mol. The molecule has 0 bridgehead atoms. The predicted molar refractivity (Wildman–Crippen MR) is 78.6 cm³/mol. The number of benzene rings is 2. The zero-order valence-corrected chi connectivity index (χ0v) is 11.0. The van der Waals surface area contributed by atoms with Crippen LogP contribution in [0.2, 0.25) is 0 Å². The standard InChI is InChI=1S/C17H14O3/c1-12(18)15-3-2-4-16(11-15)14-8-5-13(6-9-14)7-10-17(19)20/h2-11H,1H3,(H,19,20)/b10-7+. The number of rotatable bonds is 4. The van der Waals surface area contributed by atoms with Gasteiger partial charge >= 0.3 is 5.97 Å². The molecule has 2 rings (SSSR count). The van der Waals surface area contributed by atoms with Crippen LogP contribution in [0.3, 0.4) is 0 Å². The maximum Gasteiger partial charge on any atom is 0.328 e. The van der Waals surface area contributed by atoms with Gasteiger partial charge in [0.25, 0.3) is 0 Å². The van der Waals surface area contributed by atoms with Crippen molar-refractivity contribution in [3.05, 3.63) is 65.7 Å². The summed E-state index contributed by atoms with van der Waals surface area (Å²) in [6, 6.07) is 14.9. The van der Waals surface area contributed by atoms with Gasteiger partial charge in [-0.05, 0) is 35.8 Å². The van der Waals surface area contributed by atoms with Crippen LogP contribution in [0.4, 0.5) is 0 Å². The minimum absolute atomic E-state index is 0.0351. The van der Waals surface area contributed by atoms with E-state index < -0.39 is 5.97 Å². The Hall–Kier alpha value is -2.68. The van der Waals surface area contributed by atoms with Gasteiger partial charge in [0.15, 0.2) is 5.78 Å². The maximum atomic E-state index is 11.4. The number of carboxylic acids is 1. The molecule has 3 nitrogen and oxygen atoms in total. The minimum atomic E-state index is -0.969. The molecule has 0 aliphatic rings. The second-order valence-corrected chi connectivity index (χ2v) is 4.43. The fraction of sp³-hybridized carbons (Fsp3) is 0.0588. The van der Waals surface area contributed by atoms with Crippen molar-refractivity contribution >= 4 is 17.8 Å². The van der Waals surface area contributed by atoms with E-state index in [0.717, 1.165) is 22.8 Å². The highest BCUT2D eigenvalue weighted by Crippen LogP contribution is 2.21. The van der Waals surface area contributed by atoms with E-state index in [9.17, 15) is 9.59 Å². The summed E-state index contributed by atoms with van der Waals surface area (Å²) in [5.41, 5.74) is 3.45.